The molecule has 84 valence electrons. The molecule has 0 saturated carbocycles. The Kier molecular flexibility index (Phi) is 3.45. The van der Waals surface area contributed by atoms with Crippen LogP contribution in [0.2, 0.25) is 5.02 Å². The summed E-state index contributed by atoms with van der Waals surface area (Å²) < 4.78 is 0. The standard InChI is InChI=1S/C11H18ClN3/c1-5-11(2,3)15(4)10-9(12)6-8(13)7-14-10/h6-7H,5,13H2,1-4H3. The van der Waals surface area contributed by atoms with Crippen LogP contribution in [-0.2, 0) is 0 Å². The SMILES string of the molecule is CCC(C)(C)N(C)c1ncc(N)cc1Cl. The van der Waals surface area contributed by atoms with Gasteiger partial charge in [0.1, 0.15) is 5.82 Å². The van der Waals surface area contributed by atoms with Crippen molar-refractivity contribution in [3.05, 3.63) is 17.3 Å². The molecule has 0 atom stereocenters. The van der Waals surface area contributed by atoms with Gasteiger partial charge in [0, 0.05) is 12.6 Å². The molecular weight excluding hydrogens is 210 g/mol. The smallest absolute Gasteiger partial charge is 0.147 e. The number of halogens is 1. The van der Waals surface area contributed by atoms with Crippen LogP contribution in [0.1, 0.15) is 27.2 Å². The molecule has 3 nitrogen and oxygen atoms in total. The van der Waals surface area contributed by atoms with Crippen LogP contribution in [0, 0.1) is 0 Å². The Morgan fingerprint density at radius 2 is 2.13 bits per heavy atom. The van der Waals surface area contributed by atoms with Crippen LogP contribution in [0.3, 0.4) is 0 Å². The molecule has 4 heteroatoms. The summed E-state index contributed by atoms with van der Waals surface area (Å²) >= 11 is 6.10. The molecule has 0 bridgehead atoms. The van der Waals surface area contributed by atoms with E-state index in [1.54, 1.807) is 12.3 Å². The van der Waals surface area contributed by atoms with Crippen LogP contribution < -0.4 is 10.6 Å². The van der Waals surface area contributed by atoms with Crippen LogP contribution in [-0.4, -0.2) is 17.6 Å². The number of nitrogens with zero attached hydrogens (tertiary/aromatic N) is 2. The number of anilines is 2. The lowest BCUT2D eigenvalue weighted by Gasteiger charge is -2.36. The minimum absolute atomic E-state index is 0.0345. The molecule has 0 saturated heterocycles. The topological polar surface area (TPSA) is 42.2 Å². The highest BCUT2D eigenvalue weighted by molar-refractivity contribution is 6.33. The van der Waals surface area contributed by atoms with Crippen molar-refractivity contribution in [2.45, 2.75) is 32.7 Å². The second-order valence-corrected chi connectivity index (χ2v) is 4.71. The Hall–Kier alpha value is -0.960. The predicted octanol–water partition coefficient (Wildman–Crippen LogP) is 2.94. The van der Waals surface area contributed by atoms with Gasteiger partial charge in [0.2, 0.25) is 0 Å². The van der Waals surface area contributed by atoms with E-state index in [0.29, 0.717) is 10.7 Å². The van der Waals surface area contributed by atoms with Gasteiger partial charge in [-0.25, -0.2) is 4.98 Å². The van der Waals surface area contributed by atoms with Gasteiger partial charge in [-0.2, -0.15) is 0 Å². The van der Waals surface area contributed by atoms with Crippen molar-refractivity contribution < 1.29 is 0 Å². The second-order valence-electron chi connectivity index (χ2n) is 4.30. The van der Waals surface area contributed by atoms with Gasteiger partial charge >= 0.3 is 0 Å². The average molecular weight is 228 g/mol. The summed E-state index contributed by atoms with van der Waals surface area (Å²) in [4.78, 5) is 6.34. The van der Waals surface area contributed by atoms with Gasteiger partial charge < -0.3 is 10.6 Å². The fourth-order valence-corrected chi connectivity index (χ4v) is 1.52. The Bertz CT molecular complexity index is 350. The van der Waals surface area contributed by atoms with Crippen molar-refractivity contribution in [3.63, 3.8) is 0 Å². The van der Waals surface area contributed by atoms with Crippen LogP contribution in [0.15, 0.2) is 12.3 Å². The highest BCUT2D eigenvalue weighted by Gasteiger charge is 2.23. The van der Waals surface area contributed by atoms with E-state index in [2.05, 4.69) is 30.7 Å². The molecule has 1 aromatic rings. The summed E-state index contributed by atoms with van der Waals surface area (Å²) in [7, 11) is 1.99. The minimum atomic E-state index is 0.0345. The van der Waals surface area contributed by atoms with Crippen molar-refractivity contribution in [2.75, 3.05) is 17.7 Å². The van der Waals surface area contributed by atoms with Crippen molar-refractivity contribution in [3.8, 4) is 0 Å². The summed E-state index contributed by atoms with van der Waals surface area (Å²) in [6.07, 6.45) is 2.65. The third kappa shape index (κ3) is 2.53. The molecule has 1 heterocycles. The van der Waals surface area contributed by atoms with Crippen molar-refractivity contribution in [1.82, 2.24) is 4.98 Å². The number of rotatable bonds is 3. The Balaban J connectivity index is 3.06. The Morgan fingerprint density at radius 3 is 2.60 bits per heavy atom. The molecule has 0 unspecified atom stereocenters. The first-order valence-electron chi connectivity index (χ1n) is 5.03. The molecule has 0 amide bonds. The normalized spacial score (nSPS) is 11.5. The molecule has 1 aromatic heterocycles. The monoisotopic (exact) mass is 227 g/mol. The third-order valence-corrected chi connectivity index (χ3v) is 3.21. The summed E-state index contributed by atoms with van der Waals surface area (Å²) in [5, 5.41) is 0.596. The molecule has 0 fully saturated rings. The fourth-order valence-electron chi connectivity index (χ4n) is 1.22. The highest BCUT2D eigenvalue weighted by Crippen LogP contribution is 2.30. The number of nitrogen functional groups attached to an aromatic ring is 1. The molecule has 0 spiro atoms. The molecule has 0 aliphatic rings. The van der Waals surface area contributed by atoms with Gasteiger partial charge in [0.15, 0.2) is 0 Å². The second kappa shape index (κ2) is 4.27. The summed E-state index contributed by atoms with van der Waals surface area (Å²) in [5.74, 6) is 0.776. The van der Waals surface area contributed by atoms with Gasteiger partial charge in [-0.3, -0.25) is 0 Å². The van der Waals surface area contributed by atoms with Crippen molar-refractivity contribution in [2.24, 2.45) is 0 Å². The van der Waals surface area contributed by atoms with E-state index in [9.17, 15) is 0 Å². The molecule has 0 aromatic carbocycles. The maximum absolute atomic E-state index is 6.10. The van der Waals surface area contributed by atoms with E-state index < -0.39 is 0 Å². The van der Waals surface area contributed by atoms with Gasteiger partial charge in [-0.15, -0.1) is 0 Å². The van der Waals surface area contributed by atoms with E-state index in [-0.39, 0.29) is 5.54 Å². The molecule has 0 aliphatic carbocycles. The molecule has 0 radical (unpaired) electrons. The van der Waals surface area contributed by atoms with E-state index in [0.717, 1.165) is 12.2 Å². The predicted molar refractivity (Wildman–Crippen MR) is 66.4 cm³/mol. The lowest BCUT2D eigenvalue weighted by atomic mass is 10.00. The zero-order chi connectivity index (χ0) is 11.6. The number of hydrogen-bond acceptors (Lipinski definition) is 3. The van der Waals surface area contributed by atoms with E-state index in [1.807, 2.05) is 7.05 Å². The van der Waals surface area contributed by atoms with Gasteiger partial charge in [-0.05, 0) is 26.3 Å². The first-order chi connectivity index (χ1) is 6.88. The van der Waals surface area contributed by atoms with Crippen LogP contribution in [0.5, 0.6) is 0 Å². The average Bonchev–Trinajstić information content (AvgIpc) is 2.17. The molecule has 1 rings (SSSR count). The summed E-state index contributed by atoms with van der Waals surface area (Å²) in [6.45, 7) is 6.45. The summed E-state index contributed by atoms with van der Waals surface area (Å²) in [6, 6.07) is 1.73. The molecule has 0 aliphatic heterocycles. The third-order valence-electron chi connectivity index (χ3n) is 2.93. The zero-order valence-corrected chi connectivity index (χ0v) is 10.5. The first kappa shape index (κ1) is 12.1. The number of hydrogen-bond donors (Lipinski definition) is 1. The maximum Gasteiger partial charge on any atom is 0.147 e. The van der Waals surface area contributed by atoms with Crippen molar-refractivity contribution >= 4 is 23.1 Å². The highest BCUT2D eigenvalue weighted by atomic mass is 35.5. The summed E-state index contributed by atoms with van der Waals surface area (Å²) in [5.41, 5.74) is 6.23. The first-order valence-corrected chi connectivity index (χ1v) is 5.41. The fraction of sp³-hybridized carbons (Fsp3) is 0.545. The zero-order valence-electron chi connectivity index (χ0n) is 9.71. The number of nitrogens with two attached hydrogens (primary N) is 1. The quantitative estimate of drug-likeness (QED) is 0.864. The van der Waals surface area contributed by atoms with Crippen molar-refractivity contribution in [1.29, 1.82) is 0 Å². The van der Waals surface area contributed by atoms with Crippen LogP contribution in [0.25, 0.3) is 0 Å². The van der Waals surface area contributed by atoms with E-state index in [1.165, 1.54) is 0 Å². The van der Waals surface area contributed by atoms with Gasteiger partial charge in [0.05, 0.1) is 16.9 Å². The van der Waals surface area contributed by atoms with E-state index in [4.69, 9.17) is 17.3 Å². The molecule has 2 N–H and O–H groups in total. The molecule has 15 heavy (non-hydrogen) atoms. The largest absolute Gasteiger partial charge is 0.397 e. The number of aromatic nitrogens is 1. The maximum atomic E-state index is 6.10. The lowest BCUT2D eigenvalue weighted by molar-refractivity contribution is 0.467. The van der Waals surface area contributed by atoms with Gasteiger partial charge in [-0.1, -0.05) is 18.5 Å². The Labute approximate surface area is 96.2 Å². The number of pyridine rings is 1. The Morgan fingerprint density at radius 1 is 1.53 bits per heavy atom. The van der Waals surface area contributed by atoms with Crippen LogP contribution in [0.4, 0.5) is 11.5 Å². The van der Waals surface area contributed by atoms with E-state index >= 15 is 0 Å². The molecular formula is C11H18ClN3. The lowest BCUT2D eigenvalue weighted by Crippen LogP contribution is -2.41. The van der Waals surface area contributed by atoms with Crippen LogP contribution >= 0.6 is 11.6 Å². The minimum Gasteiger partial charge on any atom is -0.397 e. The van der Waals surface area contributed by atoms with Gasteiger partial charge in [0.25, 0.3) is 0 Å².